The molecule has 0 unspecified atom stereocenters. The molecular formula is C20H19N3O3S. The van der Waals surface area contributed by atoms with Crippen LogP contribution in [0.1, 0.15) is 47.3 Å². The number of hydrogen-bond donors (Lipinski definition) is 1. The molecule has 0 atom stereocenters. The first-order valence-corrected chi connectivity index (χ1v) is 9.68. The smallest absolute Gasteiger partial charge is 0.269 e. The third-order valence-corrected chi connectivity index (χ3v) is 5.76. The number of hydrogen-bond acceptors (Lipinski definition) is 5. The Hall–Kier alpha value is -2.98. The summed E-state index contributed by atoms with van der Waals surface area (Å²) in [6, 6.07) is 8.21. The van der Waals surface area contributed by atoms with Crippen molar-refractivity contribution in [3.05, 3.63) is 62.0 Å². The highest BCUT2D eigenvalue weighted by Gasteiger charge is 2.19. The second-order valence-corrected chi connectivity index (χ2v) is 7.51. The van der Waals surface area contributed by atoms with Crippen LogP contribution in [0.2, 0.25) is 0 Å². The predicted molar refractivity (Wildman–Crippen MR) is 106 cm³/mol. The van der Waals surface area contributed by atoms with Gasteiger partial charge in [-0.15, -0.1) is 11.3 Å². The fourth-order valence-corrected chi connectivity index (χ4v) is 4.40. The van der Waals surface area contributed by atoms with Crippen LogP contribution in [0.25, 0.3) is 6.08 Å². The molecule has 0 aliphatic heterocycles. The zero-order valence-corrected chi connectivity index (χ0v) is 15.6. The first-order chi connectivity index (χ1) is 13.1. The van der Waals surface area contributed by atoms with E-state index in [0.29, 0.717) is 16.1 Å². The van der Waals surface area contributed by atoms with Crippen LogP contribution < -0.4 is 5.32 Å². The summed E-state index contributed by atoms with van der Waals surface area (Å²) in [6.07, 6.45) is 9.40. The number of fused-ring (bicyclic) bond motifs is 1. The Balaban J connectivity index is 1.73. The van der Waals surface area contributed by atoms with E-state index < -0.39 is 4.92 Å². The summed E-state index contributed by atoms with van der Waals surface area (Å²) in [4.78, 5) is 23.7. The third-order valence-electron chi connectivity index (χ3n) is 4.55. The van der Waals surface area contributed by atoms with E-state index in [1.165, 1.54) is 47.3 Å². The molecule has 0 radical (unpaired) electrons. The molecule has 27 heavy (non-hydrogen) atoms. The molecule has 1 N–H and O–H groups in total. The maximum Gasteiger partial charge on any atom is 0.269 e. The number of carbonyl (C=O) groups excluding carboxylic acids is 1. The van der Waals surface area contributed by atoms with E-state index in [9.17, 15) is 20.2 Å². The van der Waals surface area contributed by atoms with Crippen molar-refractivity contribution in [2.24, 2.45) is 0 Å². The largest absolute Gasteiger partial charge is 0.313 e. The van der Waals surface area contributed by atoms with Crippen LogP contribution in [0.15, 0.2) is 30.3 Å². The minimum atomic E-state index is -0.466. The summed E-state index contributed by atoms with van der Waals surface area (Å²) in [5.74, 6) is -0.320. The molecule has 7 heteroatoms. The zero-order valence-electron chi connectivity index (χ0n) is 14.7. The highest BCUT2D eigenvalue weighted by molar-refractivity contribution is 7.16. The van der Waals surface area contributed by atoms with Gasteiger partial charge in [0.2, 0.25) is 5.91 Å². The number of benzene rings is 1. The van der Waals surface area contributed by atoms with E-state index in [4.69, 9.17) is 0 Å². The average molecular weight is 381 g/mol. The van der Waals surface area contributed by atoms with E-state index in [-0.39, 0.29) is 11.6 Å². The number of aryl methyl sites for hydroxylation is 1. The van der Waals surface area contributed by atoms with Crippen molar-refractivity contribution in [2.45, 2.75) is 38.5 Å². The van der Waals surface area contributed by atoms with Crippen molar-refractivity contribution in [3.8, 4) is 6.07 Å². The number of nitrogens with zero attached hydrogens (tertiary/aromatic N) is 2. The summed E-state index contributed by atoms with van der Waals surface area (Å²) in [5.41, 5.74) is 2.38. The van der Waals surface area contributed by atoms with Gasteiger partial charge in [0.05, 0.1) is 10.5 Å². The maximum absolute atomic E-state index is 12.3. The molecule has 1 aromatic heterocycles. The number of nitro benzene ring substituents is 1. The first-order valence-electron chi connectivity index (χ1n) is 8.86. The lowest BCUT2D eigenvalue weighted by Crippen LogP contribution is -2.07. The van der Waals surface area contributed by atoms with Crippen molar-refractivity contribution in [1.29, 1.82) is 5.26 Å². The molecule has 1 aliphatic carbocycles. The third kappa shape index (κ3) is 4.60. The fraction of sp³-hybridized carbons (Fsp3) is 0.300. The highest BCUT2D eigenvalue weighted by atomic mass is 32.1. The Morgan fingerprint density at radius 3 is 2.56 bits per heavy atom. The lowest BCUT2D eigenvalue weighted by atomic mass is 9.97. The molecule has 1 amide bonds. The van der Waals surface area contributed by atoms with Crippen LogP contribution in [0.5, 0.6) is 0 Å². The van der Waals surface area contributed by atoms with Crippen molar-refractivity contribution in [1.82, 2.24) is 0 Å². The van der Waals surface area contributed by atoms with Gasteiger partial charge in [-0.1, -0.05) is 12.8 Å². The monoisotopic (exact) mass is 381 g/mol. The predicted octanol–water partition coefficient (Wildman–Crippen LogP) is 4.84. The number of carbonyl (C=O) groups is 1. The lowest BCUT2D eigenvalue weighted by Gasteiger charge is -2.08. The van der Waals surface area contributed by atoms with E-state index in [2.05, 4.69) is 11.4 Å². The van der Waals surface area contributed by atoms with Gasteiger partial charge in [0.25, 0.3) is 5.69 Å². The number of nitro groups is 1. The Morgan fingerprint density at radius 2 is 1.89 bits per heavy atom. The molecule has 3 rings (SSSR count). The first kappa shape index (κ1) is 18.8. The Bertz CT molecular complexity index is 923. The zero-order chi connectivity index (χ0) is 19.2. The van der Waals surface area contributed by atoms with Crippen molar-refractivity contribution >= 4 is 34.0 Å². The molecule has 138 valence electrons. The second kappa shape index (κ2) is 8.60. The van der Waals surface area contributed by atoms with Gasteiger partial charge >= 0.3 is 0 Å². The Morgan fingerprint density at radius 1 is 1.19 bits per heavy atom. The normalized spacial score (nSPS) is 14.0. The molecule has 1 aromatic carbocycles. The van der Waals surface area contributed by atoms with E-state index in [1.54, 1.807) is 18.2 Å². The van der Waals surface area contributed by atoms with Crippen LogP contribution in [0.4, 0.5) is 10.7 Å². The quantitative estimate of drug-likeness (QED) is 0.466. The van der Waals surface area contributed by atoms with Gasteiger partial charge in [0.15, 0.2) is 0 Å². The van der Waals surface area contributed by atoms with Gasteiger partial charge in [-0.2, -0.15) is 5.26 Å². The number of non-ortho nitro benzene ring substituents is 1. The van der Waals surface area contributed by atoms with Gasteiger partial charge < -0.3 is 5.32 Å². The number of amides is 1. The molecule has 0 saturated carbocycles. The molecule has 0 fully saturated rings. The van der Waals surface area contributed by atoms with Gasteiger partial charge in [-0.05, 0) is 55.0 Å². The van der Waals surface area contributed by atoms with Crippen molar-refractivity contribution in [2.75, 3.05) is 5.32 Å². The molecular weight excluding hydrogens is 362 g/mol. The summed E-state index contributed by atoms with van der Waals surface area (Å²) in [7, 11) is 0. The maximum atomic E-state index is 12.3. The van der Waals surface area contributed by atoms with Crippen LogP contribution in [-0.2, 0) is 17.6 Å². The van der Waals surface area contributed by atoms with E-state index in [1.807, 2.05) is 0 Å². The molecule has 0 saturated heterocycles. The SMILES string of the molecule is N#Cc1c(NC(=O)/C=C/c2ccc([N+](=O)[O-])cc2)sc2c1CCCCCC2. The topological polar surface area (TPSA) is 96.0 Å². The number of rotatable bonds is 4. The van der Waals surface area contributed by atoms with Crippen LogP contribution >= 0.6 is 11.3 Å². The molecule has 1 aliphatic rings. The molecule has 1 heterocycles. The summed E-state index contributed by atoms with van der Waals surface area (Å²) >= 11 is 1.50. The second-order valence-electron chi connectivity index (χ2n) is 6.41. The number of nitrogens with one attached hydrogen (secondary N) is 1. The minimum absolute atomic E-state index is 0.00580. The molecule has 0 bridgehead atoms. The standard InChI is InChI=1S/C20H19N3O3S/c21-13-17-16-5-3-1-2-4-6-18(16)27-20(17)22-19(24)12-9-14-7-10-15(11-8-14)23(25)26/h7-12H,1-6H2,(H,22,24)/b12-9+. The summed E-state index contributed by atoms with van der Waals surface area (Å²) < 4.78 is 0. The van der Waals surface area contributed by atoms with Gasteiger partial charge in [-0.25, -0.2) is 0 Å². The van der Waals surface area contributed by atoms with Gasteiger partial charge in [0, 0.05) is 23.1 Å². The molecule has 6 nitrogen and oxygen atoms in total. The molecule has 0 spiro atoms. The van der Waals surface area contributed by atoms with E-state index >= 15 is 0 Å². The Labute approximate surface area is 161 Å². The van der Waals surface area contributed by atoms with Crippen LogP contribution in [0.3, 0.4) is 0 Å². The van der Waals surface area contributed by atoms with Gasteiger partial charge in [0.1, 0.15) is 11.1 Å². The number of nitriles is 1. The average Bonchev–Trinajstić information content (AvgIpc) is 2.95. The van der Waals surface area contributed by atoms with Crippen molar-refractivity contribution < 1.29 is 9.72 Å². The highest BCUT2D eigenvalue weighted by Crippen LogP contribution is 2.36. The summed E-state index contributed by atoms with van der Waals surface area (Å²) in [5, 5.41) is 23.7. The van der Waals surface area contributed by atoms with Crippen LogP contribution in [-0.4, -0.2) is 10.8 Å². The van der Waals surface area contributed by atoms with Crippen molar-refractivity contribution in [3.63, 3.8) is 0 Å². The van der Waals surface area contributed by atoms with E-state index in [0.717, 1.165) is 31.2 Å². The number of anilines is 1. The Kier molecular flexibility index (Phi) is 5.99. The molecule has 2 aromatic rings. The van der Waals surface area contributed by atoms with Gasteiger partial charge in [-0.3, -0.25) is 14.9 Å². The number of thiophene rings is 1. The van der Waals surface area contributed by atoms with Crippen LogP contribution in [0, 0.1) is 21.4 Å². The lowest BCUT2D eigenvalue weighted by molar-refractivity contribution is -0.384. The summed E-state index contributed by atoms with van der Waals surface area (Å²) in [6.45, 7) is 0. The minimum Gasteiger partial charge on any atom is -0.313 e. The fourth-order valence-electron chi connectivity index (χ4n) is 3.16.